The van der Waals surface area contributed by atoms with Crippen LogP contribution in [0.5, 0.6) is 0 Å². The van der Waals surface area contributed by atoms with Crippen LogP contribution in [0.2, 0.25) is 0 Å². The Bertz CT molecular complexity index is 539. The lowest BCUT2D eigenvalue weighted by molar-refractivity contribution is -0.157. The molecule has 0 aliphatic carbocycles. The van der Waals surface area contributed by atoms with E-state index in [0.717, 1.165) is 32.1 Å². The van der Waals surface area contributed by atoms with Gasteiger partial charge in [0.05, 0.1) is 5.92 Å². The van der Waals surface area contributed by atoms with E-state index < -0.39 is 12.1 Å². The van der Waals surface area contributed by atoms with Gasteiger partial charge in [0.2, 0.25) is 11.8 Å². The largest absolute Gasteiger partial charge is 0.470 e. The summed E-state index contributed by atoms with van der Waals surface area (Å²) in [4.78, 5) is 14.5. The maximum atomic E-state index is 12.7. The number of halogens is 3. The number of amides is 1. The minimum absolute atomic E-state index is 0.00725. The number of nitrogens with zero attached hydrogens (tertiary/aromatic N) is 3. The molecule has 1 aliphatic rings. The van der Waals surface area contributed by atoms with Crippen LogP contribution in [0.15, 0.2) is 4.42 Å². The molecule has 0 radical (unpaired) electrons. The zero-order valence-electron chi connectivity index (χ0n) is 14.1. The number of hydrogen-bond acceptors (Lipinski definition) is 4. The number of hydrogen-bond donors (Lipinski definition) is 0. The van der Waals surface area contributed by atoms with E-state index in [2.05, 4.69) is 10.2 Å². The first kappa shape index (κ1) is 18.7. The number of piperidine rings is 1. The molecule has 5 nitrogen and oxygen atoms in total. The van der Waals surface area contributed by atoms with Crippen molar-refractivity contribution in [1.29, 1.82) is 0 Å². The third-order valence-corrected chi connectivity index (χ3v) is 4.39. The summed E-state index contributed by atoms with van der Waals surface area (Å²) in [5.41, 5.74) is 0. The summed E-state index contributed by atoms with van der Waals surface area (Å²) < 4.78 is 42.5. The second-order valence-electron chi connectivity index (χ2n) is 6.34. The fraction of sp³-hybridized carbons (Fsp3) is 0.812. The molecule has 8 heteroatoms. The fourth-order valence-corrected chi connectivity index (χ4v) is 3.24. The van der Waals surface area contributed by atoms with Crippen LogP contribution < -0.4 is 0 Å². The van der Waals surface area contributed by atoms with Crippen molar-refractivity contribution in [2.24, 2.45) is 5.92 Å². The van der Waals surface area contributed by atoms with Gasteiger partial charge in [0.25, 0.3) is 0 Å². The minimum atomic E-state index is -4.64. The second-order valence-corrected chi connectivity index (χ2v) is 6.34. The van der Waals surface area contributed by atoms with Crippen LogP contribution in [0.4, 0.5) is 13.2 Å². The molecule has 1 atom stereocenters. The first-order valence-corrected chi connectivity index (χ1v) is 8.56. The van der Waals surface area contributed by atoms with E-state index in [9.17, 15) is 18.0 Å². The van der Waals surface area contributed by atoms with Gasteiger partial charge in [0.15, 0.2) is 0 Å². The zero-order valence-corrected chi connectivity index (χ0v) is 14.1. The van der Waals surface area contributed by atoms with Crippen LogP contribution in [-0.2, 0) is 11.0 Å². The van der Waals surface area contributed by atoms with Crippen molar-refractivity contribution in [1.82, 2.24) is 15.1 Å². The quantitative estimate of drug-likeness (QED) is 0.780. The Morgan fingerprint density at radius 3 is 2.50 bits per heavy atom. The number of carbonyl (C=O) groups excluding carboxylic acids is 1. The predicted octanol–water partition coefficient (Wildman–Crippen LogP) is 4.01. The van der Waals surface area contributed by atoms with Crippen molar-refractivity contribution in [3.63, 3.8) is 0 Å². The fourth-order valence-electron chi connectivity index (χ4n) is 3.24. The molecule has 0 N–H and O–H groups in total. The van der Waals surface area contributed by atoms with E-state index in [1.54, 1.807) is 4.90 Å². The molecule has 0 spiro atoms. The Kier molecular flexibility index (Phi) is 6.23. The van der Waals surface area contributed by atoms with Crippen LogP contribution in [0, 0.1) is 5.92 Å². The van der Waals surface area contributed by atoms with Crippen molar-refractivity contribution in [2.75, 3.05) is 13.1 Å². The van der Waals surface area contributed by atoms with E-state index >= 15 is 0 Å². The zero-order chi connectivity index (χ0) is 17.7. The highest BCUT2D eigenvalue weighted by molar-refractivity contribution is 5.79. The first-order chi connectivity index (χ1) is 11.4. The summed E-state index contributed by atoms with van der Waals surface area (Å²) in [5.74, 6) is -1.58. The van der Waals surface area contributed by atoms with Crippen molar-refractivity contribution >= 4 is 5.91 Å². The monoisotopic (exact) mass is 347 g/mol. The third kappa shape index (κ3) is 4.48. The van der Waals surface area contributed by atoms with Crippen molar-refractivity contribution in [2.45, 2.75) is 64.5 Å². The Labute approximate surface area is 139 Å². The normalized spacial score (nSPS) is 19.1. The van der Waals surface area contributed by atoms with Gasteiger partial charge in [-0.05, 0) is 25.7 Å². The Morgan fingerprint density at radius 2 is 1.96 bits per heavy atom. The second kappa shape index (κ2) is 7.98. The van der Waals surface area contributed by atoms with Crippen molar-refractivity contribution in [3.05, 3.63) is 11.8 Å². The first-order valence-electron chi connectivity index (χ1n) is 8.56. The summed E-state index contributed by atoms with van der Waals surface area (Å²) in [6.07, 6.45) is 0.293. The lowest BCUT2D eigenvalue weighted by Gasteiger charge is -2.33. The lowest BCUT2D eigenvalue weighted by atomic mass is 9.93. The van der Waals surface area contributed by atoms with E-state index in [0.29, 0.717) is 19.5 Å². The molecule has 136 valence electrons. The molecule has 2 heterocycles. The number of likely N-dealkylation sites (tertiary alicyclic amines) is 1. The van der Waals surface area contributed by atoms with Gasteiger partial charge >= 0.3 is 12.1 Å². The molecule has 1 aromatic heterocycles. The predicted molar refractivity (Wildman–Crippen MR) is 81.2 cm³/mol. The van der Waals surface area contributed by atoms with Gasteiger partial charge in [-0.3, -0.25) is 4.79 Å². The molecule has 1 aromatic rings. The number of alkyl halides is 3. The summed E-state index contributed by atoms with van der Waals surface area (Å²) >= 11 is 0. The molecule has 1 saturated heterocycles. The molecule has 1 aliphatic heterocycles. The SMILES string of the molecule is CCCC(CCC)C(=O)N1CCCC(c2nnc(C(F)(F)F)o2)C1. The topological polar surface area (TPSA) is 59.2 Å². The average Bonchev–Trinajstić information content (AvgIpc) is 3.04. The summed E-state index contributed by atoms with van der Waals surface area (Å²) in [5, 5.41) is 6.62. The van der Waals surface area contributed by atoms with Crippen LogP contribution in [0.3, 0.4) is 0 Å². The van der Waals surface area contributed by atoms with E-state index in [4.69, 9.17) is 4.42 Å². The standard InChI is InChI=1S/C16H24F3N3O2/c1-3-6-11(7-4-2)14(23)22-9-5-8-12(10-22)13-20-21-15(24-13)16(17,18)19/h11-12H,3-10H2,1-2H3. The Hall–Kier alpha value is -1.60. The average molecular weight is 347 g/mol. The van der Waals surface area contributed by atoms with E-state index in [-0.39, 0.29) is 23.6 Å². The molecule has 0 saturated carbocycles. The smallest absolute Gasteiger partial charge is 0.417 e. The van der Waals surface area contributed by atoms with Gasteiger partial charge < -0.3 is 9.32 Å². The minimum Gasteiger partial charge on any atom is -0.417 e. The van der Waals surface area contributed by atoms with Gasteiger partial charge in [-0.1, -0.05) is 26.7 Å². The van der Waals surface area contributed by atoms with Gasteiger partial charge in [-0.2, -0.15) is 13.2 Å². The highest BCUT2D eigenvalue weighted by Gasteiger charge is 2.39. The van der Waals surface area contributed by atoms with Gasteiger partial charge in [-0.25, -0.2) is 0 Å². The number of aromatic nitrogens is 2. The summed E-state index contributed by atoms with van der Waals surface area (Å²) in [6.45, 7) is 5.08. The lowest BCUT2D eigenvalue weighted by Crippen LogP contribution is -2.42. The molecule has 1 fully saturated rings. The summed E-state index contributed by atoms with van der Waals surface area (Å²) in [6, 6.07) is 0. The molecule has 0 aromatic carbocycles. The number of carbonyl (C=O) groups is 1. The Balaban J connectivity index is 2.05. The van der Waals surface area contributed by atoms with Gasteiger partial charge in [0, 0.05) is 19.0 Å². The maximum Gasteiger partial charge on any atom is 0.470 e. The van der Waals surface area contributed by atoms with E-state index in [1.807, 2.05) is 13.8 Å². The Morgan fingerprint density at radius 1 is 1.29 bits per heavy atom. The molecule has 1 unspecified atom stereocenters. The molecule has 2 rings (SSSR count). The maximum absolute atomic E-state index is 12.7. The molecule has 24 heavy (non-hydrogen) atoms. The molecule has 0 bridgehead atoms. The van der Waals surface area contributed by atoms with Gasteiger partial charge in [-0.15, -0.1) is 10.2 Å². The molecular weight excluding hydrogens is 323 g/mol. The van der Waals surface area contributed by atoms with Crippen LogP contribution in [-0.4, -0.2) is 34.1 Å². The third-order valence-electron chi connectivity index (χ3n) is 4.39. The molecular formula is C16H24F3N3O2. The van der Waals surface area contributed by atoms with Crippen LogP contribution >= 0.6 is 0 Å². The van der Waals surface area contributed by atoms with Crippen molar-refractivity contribution < 1.29 is 22.4 Å². The highest BCUT2D eigenvalue weighted by Crippen LogP contribution is 2.32. The van der Waals surface area contributed by atoms with Gasteiger partial charge in [0.1, 0.15) is 0 Å². The van der Waals surface area contributed by atoms with Crippen molar-refractivity contribution in [3.8, 4) is 0 Å². The molecule has 1 amide bonds. The van der Waals surface area contributed by atoms with Crippen LogP contribution in [0.1, 0.15) is 70.1 Å². The highest BCUT2D eigenvalue weighted by atomic mass is 19.4. The van der Waals surface area contributed by atoms with Crippen LogP contribution in [0.25, 0.3) is 0 Å². The number of rotatable bonds is 6. The summed E-state index contributed by atoms with van der Waals surface area (Å²) in [7, 11) is 0. The van der Waals surface area contributed by atoms with E-state index in [1.165, 1.54) is 0 Å².